The van der Waals surface area contributed by atoms with Crippen LogP contribution in [0.1, 0.15) is 41.0 Å². The molecule has 0 amide bonds. The highest BCUT2D eigenvalue weighted by Gasteiger charge is 2.51. The maximum absolute atomic E-state index is 14.4. The summed E-state index contributed by atoms with van der Waals surface area (Å²) in [5.74, 6) is -1.24. The van der Waals surface area contributed by atoms with Crippen molar-refractivity contribution in [1.82, 2.24) is 19.1 Å². The average Bonchev–Trinajstić information content (AvgIpc) is 3.40. The number of nitrogens with zero attached hydrogens (tertiary/aromatic N) is 4. The Bertz CT molecular complexity index is 1730. The van der Waals surface area contributed by atoms with Gasteiger partial charge in [0.05, 0.1) is 34.4 Å². The lowest BCUT2D eigenvalue weighted by atomic mass is 9.60. The lowest BCUT2D eigenvalue weighted by Gasteiger charge is -2.46. The lowest BCUT2D eigenvalue weighted by Crippen LogP contribution is -2.50. The number of rotatable bonds is 8. The van der Waals surface area contributed by atoms with Crippen molar-refractivity contribution in [3.63, 3.8) is 0 Å². The molecule has 2 aromatic heterocycles. The molecule has 43 heavy (non-hydrogen) atoms. The molecule has 3 unspecified atom stereocenters. The number of Topliss-reactive ketones (excluding diaryl/α,β-unsaturated/α-hetero) is 1. The van der Waals surface area contributed by atoms with Crippen LogP contribution in [-0.2, 0) is 17.4 Å². The van der Waals surface area contributed by atoms with Crippen molar-refractivity contribution in [2.24, 2.45) is 5.41 Å². The number of alkyl halides is 2. The molecule has 2 aliphatic carbocycles. The van der Waals surface area contributed by atoms with Gasteiger partial charge in [0.1, 0.15) is 28.3 Å². The molecule has 12 heteroatoms. The Labute approximate surface area is 252 Å². The summed E-state index contributed by atoms with van der Waals surface area (Å²) >= 11 is 6.22. The predicted molar refractivity (Wildman–Crippen MR) is 154 cm³/mol. The van der Waals surface area contributed by atoms with Crippen LogP contribution in [0.3, 0.4) is 0 Å². The molecule has 6 rings (SSSR count). The molecule has 3 atom stereocenters. The first-order chi connectivity index (χ1) is 20.6. The molecule has 0 radical (unpaired) electrons. The van der Waals surface area contributed by atoms with Gasteiger partial charge in [-0.2, -0.15) is 5.10 Å². The minimum absolute atomic E-state index is 0.0900. The molecule has 0 aliphatic heterocycles. The monoisotopic (exact) mass is 628 g/mol. The molecular formula is C31H25ClF4N4O2S. The molecule has 0 spiro atoms. The Morgan fingerprint density at radius 3 is 2.47 bits per heavy atom. The Hall–Kier alpha value is -3.67. The van der Waals surface area contributed by atoms with E-state index in [1.807, 2.05) is 6.08 Å². The van der Waals surface area contributed by atoms with E-state index in [2.05, 4.69) is 10.1 Å². The Kier molecular flexibility index (Phi) is 8.06. The number of aromatic nitrogens is 3. The van der Waals surface area contributed by atoms with E-state index >= 15 is 0 Å². The van der Waals surface area contributed by atoms with E-state index in [0.717, 1.165) is 29.0 Å². The molecule has 0 N–H and O–H groups in total. The van der Waals surface area contributed by atoms with E-state index in [4.69, 9.17) is 11.6 Å². The highest BCUT2D eigenvalue weighted by molar-refractivity contribution is 7.82. The Balaban J connectivity index is 1.42. The van der Waals surface area contributed by atoms with E-state index < -0.39 is 41.2 Å². The number of hydrogen-bond acceptors (Lipinski definition) is 4. The van der Waals surface area contributed by atoms with Crippen LogP contribution in [0.25, 0.3) is 11.8 Å². The second-order valence-corrected chi connectivity index (χ2v) is 12.5. The smallest absolute Gasteiger partial charge is 0.252 e. The first kappa shape index (κ1) is 29.4. The van der Waals surface area contributed by atoms with Gasteiger partial charge in [0, 0.05) is 17.3 Å². The lowest BCUT2D eigenvalue weighted by molar-refractivity contribution is 0.0668. The van der Waals surface area contributed by atoms with Crippen LogP contribution in [-0.4, -0.2) is 48.1 Å². The Morgan fingerprint density at radius 1 is 1.09 bits per heavy atom. The largest absolute Gasteiger partial charge is 0.291 e. The summed E-state index contributed by atoms with van der Waals surface area (Å²) < 4.78 is 71.5. The van der Waals surface area contributed by atoms with Gasteiger partial charge in [0.2, 0.25) is 0 Å². The van der Waals surface area contributed by atoms with Gasteiger partial charge in [-0.25, -0.2) is 30.8 Å². The van der Waals surface area contributed by atoms with Crippen LogP contribution >= 0.6 is 11.6 Å². The number of carbonyl (C=O) groups is 1. The van der Waals surface area contributed by atoms with E-state index in [-0.39, 0.29) is 35.0 Å². The van der Waals surface area contributed by atoms with E-state index in [0.29, 0.717) is 23.6 Å². The van der Waals surface area contributed by atoms with Gasteiger partial charge in [-0.05, 0) is 98.0 Å². The summed E-state index contributed by atoms with van der Waals surface area (Å²) in [5, 5.41) is 4.84. The Morgan fingerprint density at radius 2 is 1.79 bits per heavy atom. The van der Waals surface area contributed by atoms with Gasteiger partial charge in [-0.3, -0.25) is 9.78 Å². The zero-order valence-electron chi connectivity index (χ0n) is 22.6. The molecule has 2 aromatic carbocycles. The highest BCUT2D eigenvalue weighted by atomic mass is 35.5. The van der Waals surface area contributed by atoms with Crippen LogP contribution in [0.5, 0.6) is 0 Å². The van der Waals surface area contributed by atoms with Gasteiger partial charge in [0.25, 0.3) is 6.43 Å². The van der Waals surface area contributed by atoms with E-state index in [9.17, 15) is 26.6 Å². The third-order valence-corrected chi connectivity index (χ3v) is 9.83. The number of benzene rings is 2. The highest BCUT2D eigenvalue weighted by Crippen LogP contribution is 2.51. The van der Waals surface area contributed by atoms with Gasteiger partial charge < -0.3 is 0 Å². The second kappa shape index (κ2) is 11.8. The quantitative estimate of drug-likeness (QED) is 0.158. The fourth-order valence-corrected chi connectivity index (χ4v) is 7.56. The summed E-state index contributed by atoms with van der Waals surface area (Å²) in [7, 11) is -2.04. The average molecular weight is 629 g/mol. The third-order valence-electron chi connectivity index (χ3n) is 8.05. The molecule has 1 fully saturated rings. The molecule has 0 saturated heterocycles. The third kappa shape index (κ3) is 5.69. The summed E-state index contributed by atoms with van der Waals surface area (Å²) in [6.45, 7) is -0.791. The molecule has 2 aliphatic rings. The topological polar surface area (TPSA) is 68.1 Å². The SMILES string of the molecule is O=C(c1cc(Cl)ccn1)C12Cc3cnn(-c4ccc(F)cc4)c3C=C1CCC(N(CC(F)F)S(=O)c1ccc(F)cc1)C2. The predicted octanol–water partition coefficient (Wildman–Crippen LogP) is 6.85. The molecule has 1 saturated carbocycles. The normalized spacial score (nSPS) is 20.4. The van der Waals surface area contributed by atoms with Crippen LogP contribution in [0.4, 0.5) is 17.6 Å². The molecule has 2 heterocycles. The summed E-state index contributed by atoms with van der Waals surface area (Å²) in [5.41, 5.74) is 1.83. The van der Waals surface area contributed by atoms with Crippen LogP contribution in [0.2, 0.25) is 5.02 Å². The van der Waals surface area contributed by atoms with Crippen molar-refractivity contribution in [3.8, 4) is 5.69 Å². The van der Waals surface area contributed by atoms with Crippen molar-refractivity contribution in [2.75, 3.05) is 6.54 Å². The van der Waals surface area contributed by atoms with Crippen LogP contribution in [0.15, 0.2) is 83.5 Å². The number of ketones is 1. The number of halogens is 5. The van der Waals surface area contributed by atoms with Crippen LogP contribution < -0.4 is 0 Å². The number of hydrogen-bond donors (Lipinski definition) is 0. The van der Waals surface area contributed by atoms with Crippen molar-refractivity contribution in [2.45, 2.75) is 43.0 Å². The maximum Gasteiger partial charge on any atom is 0.252 e. The second-order valence-electron chi connectivity index (χ2n) is 10.7. The molecule has 6 nitrogen and oxygen atoms in total. The van der Waals surface area contributed by atoms with Crippen molar-refractivity contribution >= 4 is 34.4 Å². The van der Waals surface area contributed by atoms with Crippen molar-refractivity contribution < 1.29 is 26.6 Å². The minimum atomic E-state index is -2.80. The number of carbonyl (C=O) groups excluding carboxylic acids is 1. The minimum Gasteiger partial charge on any atom is -0.291 e. The first-order valence-corrected chi connectivity index (χ1v) is 15.1. The molecule has 0 bridgehead atoms. The molecule has 222 valence electrons. The zero-order chi connectivity index (χ0) is 30.3. The standard InChI is InChI=1S/C31H25ClF4N4O2S/c32-21-11-12-37-27(14-21)30(41)31-15-19-17-38-40(24-7-2-22(33)3-8-24)28(19)13-20(31)1-6-25(16-31)39(18-29(35)36)43(42)26-9-4-23(34)5-10-26/h2-5,7-14,17,25,29H,1,6,15-16,18H2. The fourth-order valence-electron chi connectivity index (χ4n) is 6.07. The van der Waals surface area contributed by atoms with Gasteiger partial charge in [-0.1, -0.05) is 17.2 Å². The summed E-state index contributed by atoms with van der Waals surface area (Å²) in [6.07, 6.45) is 3.16. The van der Waals surface area contributed by atoms with Crippen molar-refractivity contribution in [3.05, 3.63) is 112 Å². The van der Waals surface area contributed by atoms with Crippen molar-refractivity contribution in [1.29, 1.82) is 0 Å². The van der Waals surface area contributed by atoms with E-state index in [1.165, 1.54) is 40.8 Å². The number of pyridine rings is 1. The summed E-state index contributed by atoms with van der Waals surface area (Å²) in [4.78, 5) is 18.9. The van der Waals surface area contributed by atoms with Gasteiger partial charge in [-0.15, -0.1) is 0 Å². The maximum atomic E-state index is 14.4. The van der Waals surface area contributed by atoms with E-state index in [1.54, 1.807) is 29.1 Å². The number of allylic oxidation sites excluding steroid dienone is 1. The zero-order valence-corrected chi connectivity index (χ0v) is 24.2. The molecule has 4 aromatic rings. The number of fused-ring (bicyclic) bond motifs is 2. The van der Waals surface area contributed by atoms with Gasteiger partial charge in [0.15, 0.2) is 5.78 Å². The first-order valence-electron chi connectivity index (χ1n) is 13.6. The molecular weight excluding hydrogens is 604 g/mol. The van der Waals surface area contributed by atoms with Gasteiger partial charge >= 0.3 is 0 Å². The fraction of sp³-hybridized carbons (Fsp3) is 0.258. The van der Waals surface area contributed by atoms with Crippen LogP contribution in [0, 0.1) is 17.0 Å². The summed E-state index contributed by atoms with van der Waals surface area (Å²) in [6, 6.07) is 13.1.